The molecule has 2 nitrogen and oxygen atoms in total. The molecular weight excluding hydrogens is 245 g/mol. The van der Waals surface area contributed by atoms with Gasteiger partial charge in [0.25, 0.3) is 0 Å². The van der Waals surface area contributed by atoms with Gasteiger partial charge in [0.2, 0.25) is 5.52 Å². The first-order chi connectivity index (χ1) is 7.68. The Kier molecular flexibility index (Phi) is 2.23. The lowest BCUT2D eigenvalue weighted by atomic mass is 10.1. The van der Waals surface area contributed by atoms with Crippen LogP contribution in [0.5, 0.6) is 0 Å². The van der Waals surface area contributed by atoms with Gasteiger partial charge in [-0.1, -0.05) is 23.2 Å². The molecule has 2 aromatic rings. The Hall–Kier alpha value is -0.990. The van der Waals surface area contributed by atoms with E-state index in [1.54, 1.807) is 18.2 Å². The molecular formula is C12H9Cl2NO. The van der Waals surface area contributed by atoms with E-state index in [2.05, 4.69) is 0 Å². The largest absolute Gasteiger partial charge is 0.618 e. The Balaban J connectivity index is 2.48. The third-order valence-electron chi connectivity index (χ3n) is 3.11. The predicted molar refractivity (Wildman–Crippen MR) is 65.0 cm³/mol. The lowest BCUT2D eigenvalue weighted by Crippen LogP contribution is -2.32. The number of aromatic nitrogens is 1. The number of rotatable bonds is 0. The third kappa shape index (κ3) is 1.30. The van der Waals surface area contributed by atoms with Crippen molar-refractivity contribution >= 4 is 34.1 Å². The summed E-state index contributed by atoms with van der Waals surface area (Å²) in [5, 5.41) is 14.1. The molecule has 0 unspecified atom stereocenters. The lowest BCUT2D eigenvalue weighted by molar-refractivity contribution is -0.585. The average Bonchev–Trinajstić information content (AvgIpc) is 2.75. The summed E-state index contributed by atoms with van der Waals surface area (Å²) >= 11 is 12.2. The highest BCUT2D eigenvalue weighted by molar-refractivity contribution is 6.37. The summed E-state index contributed by atoms with van der Waals surface area (Å²) in [6.45, 7) is 0. The fourth-order valence-electron chi connectivity index (χ4n) is 2.36. The molecule has 1 aliphatic carbocycles. The molecule has 82 valence electrons. The van der Waals surface area contributed by atoms with Crippen LogP contribution >= 0.6 is 23.2 Å². The van der Waals surface area contributed by atoms with Crippen LogP contribution < -0.4 is 4.73 Å². The minimum atomic E-state index is 0.604. The highest BCUT2D eigenvalue weighted by Crippen LogP contribution is 2.33. The van der Waals surface area contributed by atoms with Gasteiger partial charge in [0, 0.05) is 23.1 Å². The maximum Gasteiger partial charge on any atom is 0.225 e. The van der Waals surface area contributed by atoms with E-state index in [1.165, 1.54) is 0 Å². The van der Waals surface area contributed by atoms with Crippen LogP contribution in [0.15, 0.2) is 18.2 Å². The van der Waals surface area contributed by atoms with Gasteiger partial charge in [-0.25, -0.2) is 0 Å². The van der Waals surface area contributed by atoms with E-state index in [4.69, 9.17) is 23.2 Å². The second-order valence-electron chi connectivity index (χ2n) is 4.05. The standard InChI is InChI=1S/C12H9Cl2NO/c13-7-4-5-11-9(6-7)12(14)8-2-1-3-10(8)15(11)16/h4-6H,1-3H2. The molecule has 0 amide bonds. The van der Waals surface area contributed by atoms with Gasteiger partial charge >= 0.3 is 0 Å². The highest BCUT2D eigenvalue weighted by atomic mass is 35.5. The zero-order chi connectivity index (χ0) is 11.3. The number of pyridine rings is 1. The summed E-state index contributed by atoms with van der Waals surface area (Å²) in [4.78, 5) is 0. The molecule has 1 aromatic carbocycles. The van der Waals surface area contributed by atoms with Gasteiger partial charge in [-0.3, -0.25) is 0 Å². The Morgan fingerprint density at radius 2 is 2.00 bits per heavy atom. The SMILES string of the molecule is [O-][n+]1c2c(c(Cl)c3cc(Cl)ccc31)CCC2. The Morgan fingerprint density at radius 3 is 2.81 bits per heavy atom. The molecule has 0 fully saturated rings. The number of hydrogen-bond donors (Lipinski definition) is 0. The molecule has 0 N–H and O–H groups in total. The van der Waals surface area contributed by atoms with Crippen molar-refractivity contribution in [3.8, 4) is 0 Å². The zero-order valence-corrected chi connectivity index (χ0v) is 9.98. The fourth-order valence-corrected chi connectivity index (χ4v) is 2.88. The molecule has 0 saturated heterocycles. The monoisotopic (exact) mass is 253 g/mol. The van der Waals surface area contributed by atoms with Crippen LogP contribution in [0.4, 0.5) is 0 Å². The fraction of sp³-hybridized carbons (Fsp3) is 0.250. The van der Waals surface area contributed by atoms with Gasteiger partial charge in [0.1, 0.15) is 0 Å². The van der Waals surface area contributed by atoms with Gasteiger partial charge in [0.15, 0.2) is 5.69 Å². The van der Waals surface area contributed by atoms with Crippen molar-refractivity contribution in [3.63, 3.8) is 0 Å². The van der Waals surface area contributed by atoms with Crippen LogP contribution in [0.1, 0.15) is 17.7 Å². The Morgan fingerprint density at radius 1 is 1.19 bits per heavy atom. The zero-order valence-electron chi connectivity index (χ0n) is 8.46. The molecule has 1 aliphatic rings. The first-order valence-corrected chi connectivity index (χ1v) is 5.96. The summed E-state index contributed by atoms with van der Waals surface area (Å²) < 4.78 is 1.000. The van der Waals surface area contributed by atoms with Crippen molar-refractivity contribution in [1.82, 2.24) is 0 Å². The van der Waals surface area contributed by atoms with E-state index >= 15 is 0 Å². The number of hydrogen-bond acceptors (Lipinski definition) is 1. The van der Waals surface area contributed by atoms with Gasteiger partial charge in [-0.15, -0.1) is 0 Å². The average molecular weight is 254 g/mol. The quantitative estimate of drug-likeness (QED) is 0.523. The normalized spacial score (nSPS) is 14.4. The lowest BCUT2D eigenvalue weighted by Gasteiger charge is -2.09. The van der Waals surface area contributed by atoms with E-state index < -0.39 is 0 Å². The topological polar surface area (TPSA) is 26.9 Å². The summed E-state index contributed by atoms with van der Waals surface area (Å²) in [6.07, 6.45) is 2.71. The van der Waals surface area contributed by atoms with Gasteiger partial charge < -0.3 is 5.21 Å². The molecule has 1 heterocycles. The summed E-state index contributed by atoms with van der Waals surface area (Å²) in [6, 6.07) is 5.21. The molecule has 0 radical (unpaired) electrons. The number of halogens is 2. The second kappa shape index (κ2) is 3.51. The van der Waals surface area contributed by atoms with Crippen molar-refractivity contribution in [2.75, 3.05) is 0 Å². The molecule has 16 heavy (non-hydrogen) atoms. The molecule has 1 aromatic heterocycles. The van der Waals surface area contributed by atoms with E-state index in [-0.39, 0.29) is 0 Å². The van der Waals surface area contributed by atoms with Crippen molar-refractivity contribution in [1.29, 1.82) is 0 Å². The maximum atomic E-state index is 12.1. The van der Waals surface area contributed by atoms with Crippen LogP contribution in [0.25, 0.3) is 10.9 Å². The minimum Gasteiger partial charge on any atom is -0.618 e. The molecule has 0 atom stereocenters. The molecule has 0 saturated carbocycles. The maximum absolute atomic E-state index is 12.1. The van der Waals surface area contributed by atoms with E-state index in [0.717, 1.165) is 40.6 Å². The van der Waals surface area contributed by atoms with Crippen molar-refractivity contribution in [2.24, 2.45) is 0 Å². The highest BCUT2D eigenvalue weighted by Gasteiger charge is 2.26. The van der Waals surface area contributed by atoms with Crippen LogP contribution in [0, 0.1) is 5.21 Å². The summed E-state index contributed by atoms with van der Waals surface area (Å²) in [7, 11) is 0. The second-order valence-corrected chi connectivity index (χ2v) is 4.86. The Labute approximate surface area is 103 Å². The molecule has 3 rings (SSSR count). The van der Waals surface area contributed by atoms with Gasteiger partial charge in [0.05, 0.1) is 10.4 Å². The van der Waals surface area contributed by atoms with Crippen LogP contribution in [-0.4, -0.2) is 0 Å². The molecule has 0 aliphatic heterocycles. The first-order valence-electron chi connectivity index (χ1n) is 5.20. The number of fused-ring (bicyclic) bond motifs is 2. The summed E-state index contributed by atoms with van der Waals surface area (Å²) in [5.74, 6) is 0. The van der Waals surface area contributed by atoms with Crippen molar-refractivity contribution in [2.45, 2.75) is 19.3 Å². The molecule has 4 heteroatoms. The van der Waals surface area contributed by atoms with E-state index in [0.29, 0.717) is 15.6 Å². The Bertz CT molecular complexity index is 595. The first kappa shape index (κ1) is 10.2. The van der Waals surface area contributed by atoms with Gasteiger partial charge in [-0.05, 0) is 25.0 Å². The number of nitrogens with zero attached hydrogens (tertiary/aromatic N) is 1. The molecule has 0 spiro atoms. The van der Waals surface area contributed by atoms with Crippen molar-refractivity contribution in [3.05, 3.63) is 44.7 Å². The predicted octanol–water partition coefficient (Wildman–Crippen LogP) is 3.27. The van der Waals surface area contributed by atoms with Gasteiger partial charge in [-0.2, -0.15) is 4.73 Å². The van der Waals surface area contributed by atoms with Crippen LogP contribution in [-0.2, 0) is 12.8 Å². The third-order valence-corrected chi connectivity index (χ3v) is 3.78. The molecule has 0 bridgehead atoms. The number of benzene rings is 1. The van der Waals surface area contributed by atoms with E-state index in [1.807, 2.05) is 0 Å². The minimum absolute atomic E-state index is 0.604. The smallest absolute Gasteiger partial charge is 0.225 e. The van der Waals surface area contributed by atoms with E-state index in [9.17, 15) is 5.21 Å². The van der Waals surface area contributed by atoms with Crippen LogP contribution in [0.3, 0.4) is 0 Å². The summed E-state index contributed by atoms with van der Waals surface area (Å²) in [5.41, 5.74) is 2.42. The van der Waals surface area contributed by atoms with Crippen LogP contribution in [0.2, 0.25) is 10.0 Å². The van der Waals surface area contributed by atoms with Crippen molar-refractivity contribution < 1.29 is 4.73 Å².